The maximum Gasteiger partial charge on any atom is 0.291 e. The molecule has 2 aromatic carbocycles. The topological polar surface area (TPSA) is 71.8 Å². The molecule has 0 aliphatic carbocycles. The molecule has 0 aliphatic rings. The number of amides is 1. The van der Waals surface area contributed by atoms with Gasteiger partial charge in [0.1, 0.15) is 17.9 Å². The van der Waals surface area contributed by atoms with E-state index < -0.39 is 5.91 Å². The third-order valence-electron chi connectivity index (χ3n) is 4.55. The Morgan fingerprint density at radius 3 is 2.57 bits per heavy atom. The Morgan fingerprint density at radius 2 is 1.79 bits per heavy atom. The minimum atomic E-state index is -0.498. The van der Waals surface area contributed by atoms with Crippen LogP contribution in [0.3, 0.4) is 0 Å². The standard InChI is InChI=1S/C22H24N2O4/c1-3-24(4-2)13-14-27-20-12-8-6-10-17(20)23-22(26)21-15-18(25)16-9-5-7-11-19(16)28-21/h5-12,15H,3-4,13-14H2,1-2H3,(H,23,26). The summed E-state index contributed by atoms with van der Waals surface area (Å²) >= 11 is 0. The van der Waals surface area contributed by atoms with Gasteiger partial charge in [-0.3, -0.25) is 9.59 Å². The number of anilines is 1. The number of ether oxygens (including phenoxy) is 1. The summed E-state index contributed by atoms with van der Waals surface area (Å²) in [7, 11) is 0. The lowest BCUT2D eigenvalue weighted by molar-refractivity contribution is 0.0996. The van der Waals surface area contributed by atoms with Crippen molar-refractivity contribution >= 4 is 22.6 Å². The number of rotatable bonds is 8. The molecule has 6 heteroatoms. The van der Waals surface area contributed by atoms with E-state index in [-0.39, 0.29) is 11.2 Å². The molecule has 146 valence electrons. The largest absolute Gasteiger partial charge is 0.490 e. The van der Waals surface area contributed by atoms with Crippen LogP contribution in [0.4, 0.5) is 5.69 Å². The average Bonchev–Trinajstić information content (AvgIpc) is 2.72. The number of likely N-dealkylation sites (N-methyl/N-ethyl adjacent to an activating group) is 1. The number of para-hydroxylation sites is 3. The second kappa shape index (κ2) is 9.19. The van der Waals surface area contributed by atoms with Gasteiger partial charge >= 0.3 is 0 Å². The third kappa shape index (κ3) is 4.58. The molecule has 28 heavy (non-hydrogen) atoms. The number of benzene rings is 2. The molecule has 3 rings (SSSR count). The van der Waals surface area contributed by atoms with Gasteiger partial charge in [-0.25, -0.2) is 0 Å². The Balaban J connectivity index is 1.75. The Bertz CT molecular complexity index is 1010. The van der Waals surface area contributed by atoms with Crippen LogP contribution >= 0.6 is 0 Å². The Labute approximate surface area is 163 Å². The zero-order chi connectivity index (χ0) is 19.9. The lowest BCUT2D eigenvalue weighted by atomic mass is 10.2. The van der Waals surface area contributed by atoms with Crippen molar-refractivity contribution in [1.82, 2.24) is 4.90 Å². The molecule has 1 heterocycles. The number of hydrogen-bond donors (Lipinski definition) is 1. The van der Waals surface area contributed by atoms with Crippen LogP contribution in [0.5, 0.6) is 5.75 Å². The molecule has 3 aromatic rings. The minimum absolute atomic E-state index is 0.0401. The van der Waals surface area contributed by atoms with E-state index in [1.165, 1.54) is 6.07 Å². The molecule has 1 amide bonds. The molecule has 0 radical (unpaired) electrons. The normalized spacial score (nSPS) is 11.0. The molecule has 0 aliphatic heterocycles. The Hall–Kier alpha value is -3.12. The van der Waals surface area contributed by atoms with Crippen LogP contribution in [0.25, 0.3) is 11.0 Å². The van der Waals surface area contributed by atoms with E-state index in [0.29, 0.717) is 29.0 Å². The molecule has 0 bridgehead atoms. The fourth-order valence-electron chi connectivity index (χ4n) is 2.92. The predicted octanol–water partition coefficient (Wildman–Crippen LogP) is 3.77. The first-order valence-electron chi connectivity index (χ1n) is 9.40. The highest BCUT2D eigenvalue weighted by Gasteiger charge is 2.14. The maximum atomic E-state index is 12.6. The van der Waals surface area contributed by atoms with E-state index in [9.17, 15) is 9.59 Å². The lowest BCUT2D eigenvalue weighted by Gasteiger charge is -2.19. The number of hydrogen-bond acceptors (Lipinski definition) is 5. The molecule has 6 nitrogen and oxygen atoms in total. The van der Waals surface area contributed by atoms with Crippen LogP contribution in [-0.2, 0) is 0 Å². The summed E-state index contributed by atoms with van der Waals surface area (Å²) in [6.45, 7) is 7.44. The summed E-state index contributed by atoms with van der Waals surface area (Å²) in [5, 5.41) is 3.22. The first kappa shape index (κ1) is 19.6. The highest BCUT2D eigenvalue weighted by Crippen LogP contribution is 2.24. The number of nitrogens with zero attached hydrogens (tertiary/aromatic N) is 1. The van der Waals surface area contributed by atoms with Gasteiger partial charge in [-0.2, -0.15) is 0 Å². The maximum absolute atomic E-state index is 12.6. The summed E-state index contributed by atoms with van der Waals surface area (Å²) in [6.07, 6.45) is 0. The Kier molecular flexibility index (Phi) is 6.45. The van der Waals surface area contributed by atoms with Crippen LogP contribution in [0, 0.1) is 0 Å². The SMILES string of the molecule is CCN(CC)CCOc1ccccc1NC(=O)c1cc(=O)c2ccccc2o1. The van der Waals surface area contributed by atoms with E-state index in [4.69, 9.17) is 9.15 Å². The van der Waals surface area contributed by atoms with Crippen LogP contribution in [0.2, 0.25) is 0 Å². The second-order valence-electron chi connectivity index (χ2n) is 6.30. The van der Waals surface area contributed by atoms with Crippen molar-refractivity contribution in [2.75, 3.05) is 31.6 Å². The van der Waals surface area contributed by atoms with Gasteiger partial charge in [0, 0.05) is 12.6 Å². The van der Waals surface area contributed by atoms with Crippen molar-refractivity contribution in [3.63, 3.8) is 0 Å². The summed E-state index contributed by atoms with van der Waals surface area (Å²) in [5.41, 5.74) is 0.655. The van der Waals surface area contributed by atoms with Gasteiger partial charge in [-0.15, -0.1) is 0 Å². The first-order valence-corrected chi connectivity index (χ1v) is 9.40. The monoisotopic (exact) mass is 380 g/mol. The first-order chi connectivity index (χ1) is 13.6. The van der Waals surface area contributed by atoms with Gasteiger partial charge in [0.25, 0.3) is 5.91 Å². The summed E-state index contributed by atoms with van der Waals surface area (Å²) in [6, 6.07) is 15.3. The van der Waals surface area contributed by atoms with Crippen molar-refractivity contribution in [1.29, 1.82) is 0 Å². The van der Waals surface area contributed by atoms with E-state index in [2.05, 4.69) is 24.1 Å². The van der Waals surface area contributed by atoms with Crippen LogP contribution in [-0.4, -0.2) is 37.0 Å². The molecular weight excluding hydrogens is 356 g/mol. The molecule has 0 saturated heterocycles. The Morgan fingerprint density at radius 1 is 1.07 bits per heavy atom. The number of carbonyl (C=O) groups is 1. The van der Waals surface area contributed by atoms with E-state index >= 15 is 0 Å². The zero-order valence-electron chi connectivity index (χ0n) is 16.1. The fraction of sp³-hybridized carbons (Fsp3) is 0.273. The highest BCUT2D eigenvalue weighted by atomic mass is 16.5. The van der Waals surface area contributed by atoms with Gasteiger partial charge in [-0.05, 0) is 37.4 Å². The van der Waals surface area contributed by atoms with Gasteiger partial charge in [0.15, 0.2) is 11.2 Å². The zero-order valence-corrected chi connectivity index (χ0v) is 16.1. The smallest absolute Gasteiger partial charge is 0.291 e. The molecular formula is C22H24N2O4. The molecule has 0 unspecified atom stereocenters. The molecule has 0 atom stereocenters. The van der Waals surface area contributed by atoms with Crippen molar-refractivity contribution in [2.24, 2.45) is 0 Å². The summed E-state index contributed by atoms with van der Waals surface area (Å²) in [4.78, 5) is 27.1. The predicted molar refractivity (Wildman–Crippen MR) is 110 cm³/mol. The summed E-state index contributed by atoms with van der Waals surface area (Å²) < 4.78 is 11.5. The number of carbonyl (C=O) groups excluding carboxylic acids is 1. The molecule has 1 N–H and O–H groups in total. The number of nitrogens with one attached hydrogen (secondary N) is 1. The van der Waals surface area contributed by atoms with Crippen molar-refractivity contribution in [2.45, 2.75) is 13.8 Å². The second-order valence-corrected chi connectivity index (χ2v) is 6.30. The van der Waals surface area contributed by atoms with Gasteiger partial charge in [0.05, 0.1) is 11.1 Å². The van der Waals surface area contributed by atoms with Crippen molar-refractivity contribution in [3.05, 3.63) is 70.6 Å². The molecule has 0 fully saturated rings. The van der Waals surface area contributed by atoms with E-state index in [1.807, 2.05) is 12.1 Å². The fourth-order valence-corrected chi connectivity index (χ4v) is 2.92. The van der Waals surface area contributed by atoms with Gasteiger partial charge in [-0.1, -0.05) is 38.1 Å². The highest BCUT2D eigenvalue weighted by molar-refractivity contribution is 6.03. The summed E-state index contributed by atoms with van der Waals surface area (Å²) in [5.74, 6) is 0.0374. The van der Waals surface area contributed by atoms with Crippen LogP contribution in [0.15, 0.2) is 63.8 Å². The van der Waals surface area contributed by atoms with Crippen LogP contribution < -0.4 is 15.5 Å². The molecule has 0 spiro atoms. The quantitative estimate of drug-likeness (QED) is 0.644. The minimum Gasteiger partial charge on any atom is -0.490 e. The third-order valence-corrected chi connectivity index (χ3v) is 4.55. The van der Waals surface area contributed by atoms with E-state index in [0.717, 1.165) is 19.6 Å². The molecule has 0 saturated carbocycles. The van der Waals surface area contributed by atoms with Gasteiger partial charge in [0.2, 0.25) is 0 Å². The van der Waals surface area contributed by atoms with E-state index in [1.54, 1.807) is 36.4 Å². The molecule has 1 aromatic heterocycles. The van der Waals surface area contributed by atoms with Gasteiger partial charge < -0.3 is 19.4 Å². The average molecular weight is 380 g/mol. The lowest BCUT2D eigenvalue weighted by Crippen LogP contribution is -2.28. The number of fused-ring (bicyclic) bond motifs is 1. The van der Waals surface area contributed by atoms with Crippen molar-refractivity contribution in [3.8, 4) is 5.75 Å². The van der Waals surface area contributed by atoms with Crippen LogP contribution in [0.1, 0.15) is 24.4 Å². The van der Waals surface area contributed by atoms with Crippen molar-refractivity contribution < 1.29 is 13.9 Å².